The molecule has 0 spiro atoms. The van der Waals surface area contributed by atoms with Gasteiger partial charge in [-0.05, 0) is 32.4 Å². The van der Waals surface area contributed by atoms with Crippen LogP contribution in [0.25, 0.3) is 0 Å². The minimum absolute atomic E-state index is 0.974. The molecule has 0 fully saturated rings. The van der Waals surface area contributed by atoms with Crippen LogP contribution in [0.15, 0.2) is 30.5 Å². The normalized spacial score (nSPS) is 9.58. The lowest BCUT2D eigenvalue weighted by Gasteiger charge is -2.08. The average molecular weight is 161 g/mol. The van der Waals surface area contributed by atoms with Gasteiger partial charge in [-0.25, -0.2) is 0 Å². The summed E-state index contributed by atoms with van der Waals surface area (Å²) in [7, 11) is 0. The predicted octanol–water partition coefficient (Wildman–Crippen LogP) is 3.25. The van der Waals surface area contributed by atoms with Gasteiger partial charge in [-0.15, -0.1) is 0 Å². The van der Waals surface area contributed by atoms with E-state index in [-0.39, 0.29) is 0 Å². The average Bonchev–Trinajstić information content (AvgIpc) is 1.94. The summed E-state index contributed by atoms with van der Waals surface area (Å²) in [4.78, 5) is 0. The Morgan fingerprint density at radius 1 is 1.33 bits per heavy atom. The van der Waals surface area contributed by atoms with Gasteiger partial charge in [0, 0.05) is 11.4 Å². The molecule has 1 aromatic carbocycles. The molecule has 1 aromatic rings. The van der Waals surface area contributed by atoms with Crippen molar-refractivity contribution in [2.45, 2.75) is 20.8 Å². The van der Waals surface area contributed by atoms with Gasteiger partial charge in [-0.3, -0.25) is 0 Å². The van der Waals surface area contributed by atoms with Crippen molar-refractivity contribution in [2.75, 3.05) is 5.32 Å². The smallest absolute Gasteiger partial charge is 0.0411 e. The third-order valence-electron chi connectivity index (χ3n) is 1.73. The van der Waals surface area contributed by atoms with Gasteiger partial charge >= 0.3 is 0 Å². The number of hydrogen-bond acceptors (Lipinski definition) is 1. The van der Waals surface area contributed by atoms with E-state index in [9.17, 15) is 0 Å². The van der Waals surface area contributed by atoms with Crippen LogP contribution in [-0.4, -0.2) is 0 Å². The highest BCUT2D eigenvalue weighted by Crippen LogP contribution is 2.16. The second-order valence-corrected chi connectivity index (χ2v) is 3.22. The molecule has 0 aliphatic rings. The molecular formula is C11H15N. The molecule has 64 valence electrons. The van der Waals surface area contributed by atoms with Crippen molar-refractivity contribution in [3.05, 3.63) is 41.6 Å². The van der Waals surface area contributed by atoms with E-state index < -0.39 is 0 Å². The fourth-order valence-corrected chi connectivity index (χ4v) is 1.18. The summed E-state index contributed by atoms with van der Waals surface area (Å²) in [5.74, 6) is 0. The fourth-order valence-electron chi connectivity index (χ4n) is 1.18. The number of nitrogens with one attached hydrogen (secondary N) is 1. The molecule has 1 heteroatoms. The number of anilines is 1. The standard InChI is InChI=1S/C11H15N/c1-8(2)12-11-6-5-9(3)7-10(11)4/h5-7,12H,1H2,2-4H3. The van der Waals surface area contributed by atoms with E-state index in [0.717, 1.165) is 11.4 Å². The minimum Gasteiger partial charge on any atom is -0.360 e. The lowest BCUT2D eigenvalue weighted by Crippen LogP contribution is -1.95. The van der Waals surface area contributed by atoms with E-state index in [1.54, 1.807) is 0 Å². The van der Waals surface area contributed by atoms with Gasteiger partial charge in [0.05, 0.1) is 0 Å². The van der Waals surface area contributed by atoms with E-state index >= 15 is 0 Å². The van der Waals surface area contributed by atoms with E-state index in [0.29, 0.717) is 0 Å². The maximum absolute atomic E-state index is 3.80. The number of aryl methyl sites for hydroxylation is 2. The van der Waals surface area contributed by atoms with Crippen molar-refractivity contribution < 1.29 is 0 Å². The van der Waals surface area contributed by atoms with Gasteiger partial charge in [-0.2, -0.15) is 0 Å². The quantitative estimate of drug-likeness (QED) is 0.702. The monoisotopic (exact) mass is 161 g/mol. The Bertz CT molecular complexity index is 300. The number of allylic oxidation sites excluding steroid dienone is 1. The summed E-state index contributed by atoms with van der Waals surface area (Å²) < 4.78 is 0. The van der Waals surface area contributed by atoms with Gasteiger partial charge in [0.2, 0.25) is 0 Å². The maximum Gasteiger partial charge on any atom is 0.0411 e. The van der Waals surface area contributed by atoms with Crippen molar-refractivity contribution in [3.63, 3.8) is 0 Å². The Kier molecular flexibility index (Phi) is 2.54. The van der Waals surface area contributed by atoms with E-state index in [1.165, 1.54) is 11.1 Å². The van der Waals surface area contributed by atoms with Gasteiger partial charge in [0.1, 0.15) is 0 Å². The second kappa shape index (κ2) is 3.44. The van der Waals surface area contributed by atoms with Gasteiger partial charge in [0.25, 0.3) is 0 Å². The molecule has 0 unspecified atom stereocenters. The molecule has 0 radical (unpaired) electrons. The van der Waals surface area contributed by atoms with Crippen molar-refractivity contribution in [1.82, 2.24) is 0 Å². The third kappa shape index (κ3) is 2.12. The molecule has 0 saturated carbocycles. The van der Waals surface area contributed by atoms with Crippen LogP contribution in [0.3, 0.4) is 0 Å². The summed E-state index contributed by atoms with van der Waals surface area (Å²) in [6, 6.07) is 6.34. The zero-order chi connectivity index (χ0) is 9.14. The molecular weight excluding hydrogens is 146 g/mol. The molecule has 0 aliphatic carbocycles. The highest BCUT2D eigenvalue weighted by atomic mass is 14.9. The van der Waals surface area contributed by atoms with E-state index in [1.807, 2.05) is 6.92 Å². The summed E-state index contributed by atoms with van der Waals surface area (Å²) in [5.41, 5.74) is 4.67. The Hall–Kier alpha value is -1.24. The summed E-state index contributed by atoms with van der Waals surface area (Å²) in [6.45, 7) is 9.95. The molecule has 0 bridgehead atoms. The van der Waals surface area contributed by atoms with Crippen LogP contribution < -0.4 is 5.32 Å². The van der Waals surface area contributed by atoms with Gasteiger partial charge < -0.3 is 5.32 Å². The van der Waals surface area contributed by atoms with Crippen LogP contribution in [0, 0.1) is 13.8 Å². The van der Waals surface area contributed by atoms with Crippen molar-refractivity contribution in [2.24, 2.45) is 0 Å². The molecule has 1 rings (SSSR count). The summed E-state index contributed by atoms with van der Waals surface area (Å²) in [6.07, 6.45) is 0. The Morgan fingerprint density at radius 2 is 2.00 bits per heavy atom. The van der Waals surface area contributed by atoms with Crippen LogP contribution in [0.5, 0.6) is 0 Å². The third-order valence-corrected chi connectivity index (χ3v) is 1.73. The van der Waals surface area contributed by atoms with Gasteiger partial charge in [-0.1, -0.05) is 24.3 Å². The SMILES string of the molecule is C=C(C)Nc1ccc(C)cc1C. The van der Waals surface area contributed by atoms with Crippen molar-refractivity contribution >= 4 is 5.69 Å². The zero-order valence-electron chi connectivity index (χ0n) is 7.94. The van der Waals surface area contributed by atoms with E-state index in [4.69, 9.17) is 0 Å². The predicted molar refractivity (Wildman–Crippen MR) is 54.4 cm³/mol. The molecule has 0 atom stereocenters. The number of rotatable bonds is 2. The van der Waals surface area contributed by atoms with Crippen LogP contribution >= 0.6 is 0 Å². The topological polar surface area (TPSA) is 12.0 Å². The van der Waals surface area contributed by atoms with Crippen molar-refractivity contribution in [1.29, 1.82) is 0 Å². The highest BCUT2D eigenvalue weighted by Gasteiger charge is 1.96. The summed E-state index contributed by atoms with van der Waals surface area (Å²) >= 11 is 0. The van der Waals surface area contributed by atoms with E-state index in [2.05, 4.69) is 43.9 Å². The van der Waals surface area contributed by atoms with Crippen LogP contribution in [0.4, 0.5) is 5.69 Å². The first-order valence-corrected chi connectivity index (χ1v) is 4.09. The Balaban J connectivity index is 2.93. The number of benzene rings is 1. The van der Waals surface area contributed by atoms with Crippen LogP contribution in [0.1, 0.15) is 18.1 Å². The van der Waals surface area contributed by atoms with Gasteiger partial charge in [0.15, 0.2) is 0 Å². The molecule has 12 heavy (non-hydrogen) atoms. The maximum atomic E-state index is 3.80. The first-order chi connectivity index (χ1) is 5.59. The fraction of sp³-hybridized carbons (Fsp3) is 0.273. The van der Waals surface area contributed by atoms with Crippen LogP contribution in [-0.2, 0) is 0 Å². The molecule has 0 heterocycles. The second-order valence-electron chi connectivity index (χ2n) is 3.22. The largest absolute Gasteiger partial charge is 0.360 e. The first kappa shape index (κ1) is 8.85. The zero-order valence-corrected chi connectivity index (χ0v) is 7.94. The van der Waals surface area contributed by atoms with Crippen LogP contribution in [0.2, 0.25) is 0 Å². The minimum atomic E-state index is 0.974. The highest BCUT2D eigenvalue weighted by molar-refractivity contribution is 5.54. The molecule has 1 nitrogen and oxygen atoms in total. The molecule has 0 aromatic heterocycles. The molecule has 1 N–H and O–H groups in total. The molecule has 0 saturated heterocycles. The summed E-state index contributed by atoms with van der Waals surface area (Å²) in [5, 5.41) is 3.21. The lowest BCUT2D eigenvalue weighted by molar-refractivity contribution is 1.32. The number of hydrogen-bond donors (Lipinski definition) is 1. The molecule has 0 aliphatic heterocycles. The molecule has 0 amide bonds. The lowest BCUT2D eigenvalue weighted by atomic mass is 10.1. The van der Waals surface area contributed by atoms with Crippen molar-refractivity contribution in [3.8, 4) is 0 Å². The Morgan fingerprint density at radius 3 is 2.50 bits per heavy atom. The Labute approximate surface area is 74.1 Å². The first-order valence-electron chi connectivity index (χ1n) is 4.09.